The van der Waals surface area contributed by atoms with Gasteiger partial charge in [0.2, 0.25) is 17.7 Å². The van der Waals surface area contributed by atoms with Gasteiger partial charge in [-0.05, 0) is 115 Å². The highest BCUT2D eigenvalue weighted by atomic mass is 79.9. The number of carbonyl (C=O) groups is 9. The number of likely N-dealkylation sites (N-methyl/N-ethyl adjacent to an activating group) is 1. The molecule has 5 rings (SSSR count). The molecule has 9 N–H and O–H groups in total. The standard InChI is InChI=1S/C62H87Br2ClN8O17/c1-33(2)51(68-40(32-74)17-14-22-60(6,7)90-57(81)39(30-63)31-64)54(78)70-42(18-15-23-67-58(66)82)53(77)69-41-21-20-38(27-44(41)75)55(79)72(9)36(5)56(80)88-48-28-49(76)73(10)43-25-37(26-45(85-11)50(43)65)24-34(3)16-13-19-47(86-12)62(84)29-46(87-59(83)71-62)35(4)52-61(48,8)89-52/h13,16,19-21,25-27,32-33,35-36,39-40,42,46-48,51-52,68,75,84H,14-15,17-18,22-24,28-31H2,1-12H3,(H,69,77)(H,70,78)(H,71,83)(H3,66,67,82)/b19-13+,34-16+/t35-,36+,40?,42+,46+,47-,48+,51+,52+,61+,62+/m1/s1. The Bertz CT molecular complexity index is 3000. The van der Waals surface area contributed by atoms with Crippen molar-refractivity contribution in [3.05, 3.63) is 70.3 Å². The SMILES string of the molecule is COc1cc2cc(c1Cl)N(C)C(=O)C[C@H](OC(=O)[C@H](C)N(C)C(=O)c1ccc(NC(=O)[C@H](CCCNC(N)=O)NC(=O)[C@@H](NC(C=O)CCCC(C)(C)OC(=O)C(CBr)CBr)C(C)C)c(O)c1)[C@]1(C)O[C@H]1[C@H](C)[C@@H]1C[C@@](O)(NC(=O)O1)[C@H](OC)/C=C/C=C(\C)C2. The lowest BCUT2D eigenvalue weighted by Gasteiger charge is -2.42. The Morgan fingerprint density at radius 1 is 1.03 bits per heavy atom. The quantitative estimate of drug-likeness (QED) is 0.00949. The number of aldehydes is 1. The number of halogens is 3. The van der Waals surface area contributed by atoms with Crippen LogP contribution in [0.4, 0.5) is 21.0 Å². The molecule has 2 aromatic rings. The number of anilines is 2. The fraction of sp³-hybridized carbons (Fsp3) is 0.597. The molecule has 2 saturated heterocycles. The van der Waals surface area contributed by atoms with Crippen molar-refractivity contribution in [3.63, 3.8) is 0 Å². The summed E-state index contributed by atoms with van der Waals surface area (Å²) in [5, 5.41) is 37.6. The number of primary amides is 1. The van der Waals surface area contributed by atoms with E-state index in [4.69, 9.17) is 45.8 Å². The van der Waals surface area contributed by atoms with Crippen LogP contribution in [0.1, 0.15) is 116 Å². The van der Waals surface area contributed by atoms with Crippen molar-refractivity contribution < 1.29 is 81.8 Å². The van der Waals surface area contributed by atoms with Gasteiger partial charge in [-0.25, -0.2) is 14.4 Å². The number of carbonyl (C=O) groups excluding carboxylic acids is 9. The Morgan fingerprint density at radius 3 is 2.33 bits per heavy atom. The number of methoxy groups -OCH3 is 2. The number of allylic oxidation sites excluding steroid dienone is 3. The molecule has 0 aromatic heterocycles. The number of alkyl halides is 2. The van der Waals surface area contributed by atoms with Gasteiger partial charge in [-0.2, -0.15) is 0 Å². The minimum atomic E-state index is -1.93. The van der Waals surface area contributed by atoms with E-state index < -0.39 is 125 Å². The van der Waals surface area contributed by atoms with E-state index in [1.807, 2.05) is 13.0 Å². The number of epoxide rings is 1. The van der Waals surface area contributed by atoms with Crippen LogP contribution in [-0.4, -0.2) is 180 Å². The largest absolute Gasteiger partial charge is 0.506 e. The molecule has 90 heavy (non-hydrogen) atoms. The number of fused-ring (bicyclic) bond motifs is 5. The van der Waals surface area contributed by atoms with E-state index in [1.54, 1.807) is 65.8 Å². The third-order valence-corrected chi connectivity index (χ3v) is 18.4. The van der Waals surface area contributed by atoms with Gasteiger partial charge in [0.25, 0.3) is 5.91 Å². The Labute approximate surface area is 547 Å². The monoisotopic (exact) mass is 1410 g/mol. The van der Waals surface area contributed by atoms with Gasteiger partial charge in [0, 0.05) is 56.3 Å². The number of aromatic hydroxyl groups is 1. The van der Waals surface area contributed by atoms with E-state index in [-0.39, 0.29) is 59.9 Å². The molecule has 11 atom stereocenters. The summed E-state index contributed by atoms with van der Waals surface area (Å²) in [5.74, 6) is -5.75. The van der Waals surface area contributed by atoms with Gasteiger partial charge >= 0.3 is 24.1 Å². The first-order valence-corrected chi connectivity index (χ1v) is 32.3. The maximum absolute atomic E-state index is 14.5. The molecular weight excluding hydrogens is 1320 g/mol. The van der Waals surface area contributed by atoms with E-state index >= 15 is 0 Å². The van der Waals surface area contributed by atoms with Crippen molar-refractivity contribution in [2.75, 3.05) is 55.7 Å². The van der Waals surface area contributed by atoms with Crippen LogP contribution in [-0.2, 0) is 58.9 Å². The Kier molecular flexibility index (Phi) is 27.1. The smallest absolute Gasteiger partial charge is 0.409 e. The predicted octanol–water partition coefficient (Wildman–Crippen LogP) is 6.49. The van der Waals surface area contributed by atoms with E-state index in [0.29, 0.717) is 54.1 Å². The molecule has 2 aromatic carbocycles. The zero-order valence-corrected chi connectivity index (χ0v) is 56.9. The zero-order valence-electron chi connectivity index (χ0n) is 52.9. The number of amides is 7. The second-order valence-corrected chi connectivity index (χ2v) is 25.9. The van der Waals surface area contributed by atoms with Crippen molar-refractivity contribution in [2.45, 2.75) is 172 Å². The van der Waals surface area contributed by atoms with E-state index in [1.165, 1.54) is 52.3 Å². The number of ether oxygens (including phenoxy) is 6. The molecule has 7 amide bonds. The van der Waals surface area contributed by atoms with E-state index in [2.05, 4.69) is 58.4 Å². The molecule has 3 heterocycles. The Morgan fingerprint density at radius 2 is 1.72 bits per heavy atom. The number of urea groups is 1. The van der Waals surface area contributed by atoms with Gasteiger partial charge < -0.3 is 74.9 Å². The van der Waals surface area contributed by atoms with Crippen molar-refractivity contribution >= 4 is 109 Å². The van der Waals surface area contributed by atoms with Gasteiger partial charge in [-0.15, -0.1) is 0 Å². The number of phenolic OH excluding ortho intramolecular Hbond substituents is 1. The van der Waals surface area contributed by atoms with Crippen LogP contribution in [0.25, 0.3) is 0 Å². The number of nitrogens with zero attached hydrogens (tertiary/aromatic N) is 2. The number of nitrogens with one attached hydrogen (secondary N) is 5. The number of aliphatic hydroxyl groups is 1. The number of phenols is 1. The number of benzene rings is 2. The zero-order chi connectivity index (χ0) is 67.2. The number of hydrogen-bond donors (Lipinski definition) is 8. The molecule has 25 nitrogen and oxygen atoms in total. The minimum Gasteiger partial charge on any atom is -0.506 e. The second kappa shape index (κ2) is 32.8. The van der Waals surface area contributed by atoms with Crippen LogP contribution in [0, 0.1) is 17.8 Å². The van der Waals surface area contributed by atoms with Crippen molar-refractivity contribution in [3.8, 4) is 11.5 Å². The molecule has 3 aliphatic heterocycles. The first-order chi connectivity index (χ1) is 42.3. The molecule has 0 saturated carbocycles. The Hall–Kier alpha value is -6.36. The lowest BCUT2D eigenvalue weighted by atomic mass is 9.83. The maximum Gasteiger partial charge on any atom is 0.409 e. The summed E-state index contributed by atoms with van der Waals surface area (Å²) in [5.41, 5.74) is 2.71. The molecule has 4 bridgehead atoms. The normalized spacial score (nSPS) is 24.3. The van der Waals surface area contributed by atoms with E-state index in [9.17, 15) is 53.4 Å². The van der Waals surface area contributed by atoms with Crippen LogP contribution < -0.4 is 42.0 Å². The topological polar surface area (TPSA) is 345 Å². The first-order valence-electron chi connectivity index (χ1n) is 29.7. The van der Waals surface area contributed by atoms with Crippen LogP contribution in [0.15, 0.2) is 54.1 Å². The fourth-order valence-electron chi connectivity index (χ4n) is 10.7. The van der Waals surface area contributed by atoms with E-state index in [0.717, 1.165) is 22.1 Å². The molecule has 2 fully saturated rings. The summed E-state index contributed by atoms with van der Waals surface area (Å²) < 4.78 is 35.3. The molecule has 0 aliphatic carbocycles. The molecule has 3 aliphatic rings. The highest BCUT2D eigenvalue weighted by molar-refractivity contribution is 9.09. The molecule has 28 heteroatoms. The number of esters is 2. The van der Waals surface area contributed by atoms with Gasteiger partial charge in [-0.1, -0.05) is 88.0 Å². The number of rotatable bonds is 26. The second-order valence-electron chi connectivity index (χ2n) is 24.2. The van der Waals surface area contributed by atoms with Crippen LogP contribution in [0.5, 0.6) is 11.5 Å². The molecular formula is C62H87Br2ClN8O17. The highest BCUT2D eigenvalue weighted by Gasteiger charge is 2.64. The van der Waals surface area contributed by atoms with Gasteiger partial charge in [0.1, 0.15) is 64.4 Å². The number of nitrogens with two attached hydrogens (primary N) is 1. The van der Waals surface area contributed by atoms with Gasteiger partial charge in [0.15, 0.2) is 5.72 Å². The third-order valence-electron chi connectivity index (χ3n) is 16.4. The summed E-state index contributed by atoms with van der Waals surface area (Å²) >= 11 is 13.5. The Balaban J connectivity index is 1.34. The molecule has 0 radical (unpaired) electrons. The summed E-state index contributed by atoms with van der Waals surface area (Å²) in [6, 6.07) is 1.92. The van der Waals surface area contributed by atoms with Gasteiger partial charge in [0.05, 0.1) is 49.0 Å². The third kappa shape index (κ3) is 19.6. The minimum absolute atomic E-state index is 0.0220. The van der Waals surface area contributed by atoms with Crippen molar-refractivity contribution in [2.24, 2.45) is 23.5 Å². The summed E-state index contributed by atoms with van der Waals surface area (Å²) in [6.45, 7) is 13.8. The van der Waals surface area contributed by atoms with Crippen LogP contribution in [0.2, 0.25) is 5.02 Å². The van der Waals surface area contributed by atoms with Crippen molar-refractivity contribution in [1.82, 2.24) is 26.2 Å². The summed E-state index contributed by atoms with van der Waals surface area (Å²) in [4.78, 5) is 123. The predicted molar refractivity (Wildman–Crippen MR) is 342 cm³/mol. The lowest BCUT2D eigenvalue weighted by molar-refractivity contribution is -0.161. The number of hydrogen-bond acceptors (Lipinski definition) is 18. The maximum atomic E-state index is 14.5. The van der Waals surface area contributed by atoms with Gasteiger partial charge in [-0.3, -0.25) is 34.6 Å². The fourth-order valence-corrected chi connectivity index (χ4v) is 12.6. The van der Waals surface area contributed by atoms with Crippen molar-refractivity contribution in [1.29, 1.82) is 0 Å². The summed E-state index contributed by atoms with van der Waals surface area (Å²) in [6.07, 6.45) is 1.82. The average molecular weight is 1410 g/mol. The molecule has 498 valence electrons. The summed E-state index contributed by atoms with van der Waals surface area (Å²) in [7, 11) is 5.67. The van der Waals surface area contributed by atoms with Crippen LogP contribution >= 0.6 is 43.5 Å². The highest BCUT2D eigenvalue weighted by Crippen LogP contribution is 2.49. The molecule has 1 unspecified atom stereocenters. The average Bonchev–Trinajstić information content (AvgIpc) is 1.60. The molecule has 0 spiro atoms. The van der Waals surface area contributed by atoms with Crippen LogP contribution in [0.3, 0.4) is 0 Å². The lowest BCUT2D eigenvalue weighted by Crippen LogP contribution is -2.63. The number of alkyl carbamates (subject to hydrolysis) is 1. The first kappa shape index (κ1) is 74.4.